The highest BCUT2D eigenvalue weighted by Crippen LogP contribution is 2.30. The molecule has 3 aromatic rings. The van der Waals surface area contributed by atoms with Gasteiger partial charge in [-0.1, -0.05) is 12.1 Å². The molecule has 9 nitrogen and oxygen atoms in total. The maximum Gasteiger partial charge on any atom is 0.322 e. The van der Waals surface area contributed by atoms with E-state index in [0.717, 1.165) is 11.6 Å². The third-order valence-electron chi connectivity index (χ3n) is 4.29. The number of methoxy groups -OCH3 is 1. The van der Waals surface area contributed by atoms with Crippen molar-refractivity contribution in [3.63, 3.8) is 0 Å². The van der Waals surface area contributed by atoms with Crippen LogP contribution in [0.2, 0.25) is 0 Å². The molecule has 0 radical (unpaired) electrons. The van der Waals surface area contributed by atoms with Gasteiger partial charge in [0.1, 0.15) is 11.8 Å². The summed E-state index contributed by atoms with van der Waals surface area (Å²) < 4.78 is 24.6. The third-order valence-corrected chi connectivity index (χ3v) is 4.29. The van der Waals surface area contributed by atoms with Gasteiger partial charge in [-0.2, -0.15) is 0 Å². The van der Waals surface area contributed by atoms with E-state index in [0.29, 0.717) is 12.2 Å². The van der Waals surface area contributed by atoms with Gasteiger partial charge >= 0.3 is 11.7 Å². The Morgan fingerprint density at radius 2 is 2.00 bits per heavy atom. The van der Waals surface area contributed by atoms with Crippen LogP contribution in [0.1, 0.15) is 5.56 Å². The molecule has 160 valence electrons. The Kier molecular flexibility index (Phi) is 6.73. The lowest BCUT2D eigenvalue weighted by atomic mass is 10.1. The summed E-state index contributed by atoms with van der Waals surface area (Å²) in [4.78, 5) is 25.8. The van der Waals surface area contributed by atoms with Gasteiger partial charge in [-0.05, 0) is 42.3 Å². The number of nitrogens with zero attached hydrogens (tertiary/aromatic N) is 2. The van der Waals surface area contributed by atoms with Crippen LogP contribution in [0, 0.1) is 15.9 Å². The SMILES string of the molecule is COC(=O)C(N)Cc1ccc(Oc2ccc(Nc3ncccc3[N+](=O)[O-])cc2F)cc1. The van der Waals surface area contributed by atoms with Crippen molar-refractivity contribution in [3.8, 4) is 11.5 Å². The van der Waals surface area contributed by atoms with E-state index in [1.165, 1.54) is 37.6 Å². The van der Waals surface area contributed by atoms with Crippen LogP contribution in [-0.4, -0.2) is 29.0 Å². The molecule has 0 spiro atoms. The molecule has 0 fully saturated rings. The van der Waals surface area contributed by atoms with E-state index in [2.05, 4.69) is 15.0 Å². The minimum Gasteiger partial charge on any atom is -0.468 e. The quantitative estimate of drug-likeness (QED) is 0.317. The van der Waals surface area contributed by atoms with Crippen LogP contribution in [0.15, 0.2) is 60.8 Å². The third kappa shape index (κ3) is 5.52. The smallest absolute Gasteiger partial charge is 0.322 e. The van der Waals surface area contributed by atoms with Crippen LogP contribution < -0.4 is 15.8 Å². The summed E-state index contributed by atoms with van der Waals surface area (Å²) in [5.74, 6) is -0.815. The molecule has 3 rings (SSSR count). The molecule has 10 heteroatoms. The number of rotatable bonds is 8. The zero-order valence-corrected chi connectivity index (χ0v) is 16.4. The van der Waals surface area contributed by atoms with Gasteiger partial charge in [0, 0.05) is 24.0 Å². The Balaban J connectivity index is 1.68. The minimum absolute atomic E-state index is 0.00122. The molecule has 1 unspecified atom stereocenters. The summed E-state index contributed by atoms with van der Waals surface area (Å²) in [6.07, 6.45) is 1.69. The van der Waals surface area contributed by atoms with Gasteiger partial charge in [-0.15, -0.1) is 0 Å². The Hall–Kier alpha value is -4.05. The molecule has 1 heterocycles. The van der Waals surface area contributed by atoms with Crippen molar-refractivity contribution >= 4 is 23.2 Å². The van der Waals surface area contributed by atoms with Gasteiger partial charge < -0.3 is 20.5 Å². The van der Waals surface area contributed by atoms with Crippen molar-refractivity contribution in [1.29, 1.82) is 0 Å². The lowest BCUT2D eigenvalue weighted by Crippen LogP contribution is -2.33. The fraction of sp³-hybridized carbons (Fsp3) is 0.143. The molecular formula is C21H19FN4O5. The molecule has 0 aliphatic carbocycles. The molecule has 1 aromatic heterocycles. The first-order valence-corrected chi connectivity index (χ1v) is 9.13. The number of pyridine rings is 1. The lowest BCUT2D eigenvalue weighted by molar-refractivity contribution is -0.384. The van der Waals surface area contributed by atoms with E-state index in [1.54, 1.807) is 24.3 Å². The van der Waals surface area contributed by atoms with E-state index in [9.17, 15) is 19.3 Å². The number of aromatic nitrogens is 1. The average molecular weight is 426 g/mol. The molecule has 0 aliphatic rings. The topological polar surface area (TPSA) is 130 Å². The Morgan fingerprint density at radius 3 is 2.65 bits per heavy atom. The van der Waals surface area contributed by atoms with Crippen LogP contribution >= 0.6 is 0 Å². The van der Waals surface area contributed by atoms with Crippen LogP contribution in [0.25, 0.3) is 0 Å². The van der Waals surface area contributed by atoms with Crippen molar-refractivity contribution < 1.29 is 23.6 Å². The van der Waals surface area contributed by atoms with Gasteiger partial charge in [-0.25, -0.2) is 9.37 Å². The maximum atomic E-state index is 14.5. The first-order valence-electron chi connectivity index (χ1n) is 9.13. The number of hydrogen-bond donors (Lipinski definition) is 2. The van der Waals surface area contributed by atoms with Crippen LogP contribution in [0.4, 0.5) is 21.6 Å². The highest BCUT2D eigenvalue weighted by Gasteiger charge is 2.16. The number of carbonyl (C=O) groups is 1. The zero-order valence-electron chi connectivity index (χ0n) is 16.4. The number of benzene rings is 2. The highest BCUT2D eigenvalue weighted by atomic mass is 19.1. The second-order valence-corrected chi connectivity index (χ2v) is 6.48. The van der Waals surface area contributed by atoms with Crippen molar-refractivity contribution in [1.82, 2.24) is 4.98 Å². The minimum atomic E-state index is -0.774. The van der Waals surface area contributed by atoms with Crippen molar-refractivity contribution in [3.05, 3.63) is 82.3 Å². The number of hydrogen-bond acceptors (Lipinski definition) is 8. The fourth-order valence-corrected chi connectivity index (χ4v) is 2.75. The summed E-state index contributed by atoms with van der Waals surface area (Å²) in [7, 11) is 1.27. The van der Waals surface area contributed by atoms with E-state index in [1.807, 2.05) is 0 Å². The summed E-state index contributed by atoms with van der Waals surface area (Å²) >= 11 is 0. The Bertz CT molecular complexity index is 1090. The van der Waals surface area contributed by atoms with E-state index < -0.39 is 22.8 Å². The van der Waals surface area contributed by atoms with E-state index in [-0.39, 0.29) is 22.9 Å². The summed E-state index contributed by atoms with van der Waals surface area (Å²) in [5, 5.41) is 13.8. The molecular weight excluding hydrogens is 407 g/mol. The predicted octanol–water partition coefficient (Wildman–Crippen LogP) is 3.71. The summed E-state index contributed by atoms with van der Waals surface area (Å²) in [6.45, 7) is 0. The fourth-order valence-electron chi connectivity index (χ4n) is 2.75. The number of nitro groups is 1. The molecule has 3 N–H and O–H groups in total. The average Bonchev–Trinajstić information content (AvgIpc) is 2.76. The number of carbonyl (C=O) groups excluding carboxylic acids is 1. The predicted molar refractivity (Wildman–Crippen MR) is 111 cm³/mol. The molecule has 31 heavy (non-hydrogen) atoms. The van der Waals surface area contributed by atoms with Crippen LogP contribution in [-0.2, 0) is 16.0 Å². The molecule has 1 atom stereocenters. The number of anilines is 2. The van der Waals surface area contributed by atoms with Crippen molar-refractivity contribution in [2.75, 3.05) is 12.4 Å². The molecule has 0 saturated carbocycles. The lowest BCUT2D eigenvalue weighted by Gasteiger charge is -2.11. The molecule has 0 aliphatic heterocycles. The Labute approximate surface area is 176 Å². The van der Waals surface area contributed by atoms with Crippen molar-refractivity contribution in [2.45, 2.75) is 12.5 Å². The van der Waals surface area contributed by atoms with Crippen LogP contribution in [0.5, 0.6) is 11.5 Å². The van der Waals surface area contributed by atoms with Crippen molar-refractivity contribution in [2.24, 2.45) is 5.73 Å². The monoisotopic (exact) mass is 426 g/mol. The highest BCUT2D eigenvalue weighted by molar-refractivity contribution is 5.75. The van der Waals surface area contributed by atoms with E-state index >= 15 is 0 Å². The van der Waals surface area contributed by atoms with Gasteiger partial charge in [0.05, 0.1) is 12.0 Å². The zero-order chi connectivity index (χ0) is 22.4. The summed E-state index contributed by atoms with van der Waals surface area (Å²) in [5.41, 5.74) is 6.58. The molecule has 0 saturated heterocycles. The standard InChI is InChI=1S/C21H19FN4O5/c1-30-21(27)17(23)11-13-4-7-15(8-5-13)31-19-9-6-14(12-16(19)22)25-20-18(26(28)29)3-2-10-24-20/h2-10,12,17H,11,23H2,1H3,(H,24,25). The van der Waals surface area contributed by atoms with Gasteiger partial charge in [0.2, 0.25) is 5.82 Å². The maximum absolute atomic E-state index is 14.5. The Morgan fingerprint density at radius 1 is 1.26 bits per heavy atom. The first-order chi connectivity index (χ1) is 14.9. The number of esters is 1. The largest absolute Gasteiger partial charge is 0.468 e. The number of nitrogens with two attached hydrogens (primary N) is 1. The number of ether oxygens (including phenoxy) is 2. The van der Waals surface area contributed by atoms with Gasteiger partial charge in [0.25, 0.3) is 0 Å². The molecule has 2 aromatic carbocycles. The number of nitrogens with one attached hydrogen (secondary N) is 1. The molecule has 0 bridgehead atoms. The summed E-state index contributed by atoms with van der Waals surface area (Å²) in [6, 6.07) is 12.7. The second kappa shape index (κ2) is 9.63. The first kappa shape index (κ1) is 21.7. The molecule has 0 amide bonds. The normalized spacial score (nSPS) is 11.5. The number of halogens is 1. The second-order valence-electron chi connectivity index (χ2n) is 6.48. The van der Waals surface area contributed by atoms with Gasteiger partial charge in [-0.3, -0.25) is 14.9 Å². The van der Waals surface area contributed by atoms with Gasteiger partial charge in [0.15, 0.2) is 11.6 Å². The van der Waals surface area contributed by atoms with Crippen LogP contribution in [0.3, 0.4) is 0 Å². The van der Waals surface area contributed by atoms with E-state index in [4.69, 9.17) is 10.5 Å².